The minimum Gasteiger partial charge on any atom is -0.494 e. The minimum atomic E-state index is 0.559. The molecule has 2 heterocycles. The first-order chi connectivity index (χ1) is 12.3. The van der Waals surface area contributed by atoms with Gasteiger partial charge in [0, 0.05) is 29.9 Å². The van der Waals surface area contributed by atoms with E-state index < -0.39 is 0 Å². The van der Waals surface area contributed by atoms with E-state index in [0.29, 0.717) is 19.7 Å². The van der Waals surface area contributed by atoms with E-state index in [9.17, 15) is 0 Å². The first-order valence-electron chi connectivity index (χ1n) is 8.44. The second kappa shape index (κ2) is 8.53. The van der Waals surface area contributed by atoms with Crippen LogP contribution in [0.15, 0.2) is 47.0 Å². The van der Waals surface area contributed by atoms with Crippen LogP contribution in [0.2, 0.25) is 0 Å². The second-order valence-corrected chi connectivity index (χ2v) is 6.29. The maximum absolute atomic E-state index is 5.66. The zero-order valence-electron chi connectivity index (χ0n) is 14.5. The molecule has 0 aliphatic rings. The van der Waals surface area contributed by atoms with E-state index in [1.54, 1.807) is 11.3 Å². The molecule has 25 heavy (non-hydrogen) atoms. The van der Waals surface area contributed by atoms with E-state index >= 15 is 0 Å². The summed E-state index contributed by atoms with van der Waals surface area (Å²) in [6.45, 7) is 6.68. The van der Waals surface area contributed by atoms with Crippen molar-refractivity contribution >= 4 is 22.3 Å². The Morgan fingerprint density at radius 2 is 2.16 bits per heavy atom. The van der Waals surface area contributed by atoms with Gasteiger partial charge in [0.1, 0.15) is 5.75 Å². The van der Waals surface area contributed by atoms with Crippen molar-refractivity contribution in [3.8, 4) is 5.75 Å². The third kappa shape index (κ3) is 4.51. The van der Waals surface area contributed by atoms with Crippen molar-refractivity contribution in [1.29, 1.82) is 0 Å². The molecular formula is C18H23N5OS. The number of para-hydroxylation sites is 1. The number of hydrogen-bond acceptors (Lipinski definition) is 4. The third-order valence-corrected chi connectivity index (χ3v) is 4.38. The summed E-state index contributed by atoms with van der Waals surface area (Å²) in [5.41, 5.74) is 2.07. The number of fused-ring (bicyclic) bond motifs is 1. The lowest BCUT2D eigenvalue weighted by atomic mass is 10.2. The van der Waals surface area contributed by atoms with Crippen LogP contribution in [0.5, 0.6) is 5.75 Å². The summed E-state index contributed by atoms with van der Waals surface area (Å²) in [7, 11) is 0. The smallest absolute Gasteiger partial charge is 0.193 e. The molecule has 132 valence electrons. The second-order valence-electron chi connectivity index (χ2n) is 5.41. The maximum Gasteiger partial charge on any atom is 0.193 e. The van der Waals surface area contributed by atoms with Gasteiger partial charge in [-0.2, -0.15) is 0 Å². The average Bonchev–Trinajstić information content (AvgIpc) is 3.20. The number of hydrogen-bond donors (Lipinski definition) is 2. The van der Waals surface area contributed by atoms with Gasteiger partial charge in [0.2, 0.25) is 0 Å². The molecule has 0 bridgehead atoms. The van der Waals surface area contributed by atoms with Crippen LogP contribution in [0.3, 0.4) is 0 Å². The number of benzene rings is 1. The summed E-state index contributed by atoms with van der Waals surface area (Å²) in [5.74, 6) is 1.66. The fourth-order valence-electron chi connectivity index (χ4n) is 2.47. The molecule has 0 amide bonds. The molecule has 0 radical (unpaired) electrons. The van der Waals surface area contributed by atoms with Crippen LogP contribution in [-0.2, 0) is 13.1 Å². The monoisotopic (exact) mass is 357 g/mol. The first kappa shape index (κ1) is 17.3. The highest BCUT2D eigenvalue weighted by molar-refractivity contribution is 7.15. The molecule has 2 aromatic heterocycles. The molecule has 0 aliphatic heterocycles. The van der Waals surface area contributed by atoms with Crippen LogP contribution in [0.4, 0.5) is 0 Å². The van der Waals surface area contributed by atoms with Crippen molar-refractivity contribution in [3.05, 3.63) is 53.3 Å². The number of guanidine groups is 1. The SMILES string of the molecule is CCNC(=NCc1ccccc1OCC)NCc1cn2ccsc2n1. The standard InChI is InChI=1S/C18H23N5OS/c1-3-19-17(20-11-14-7-5-6-8-16(14)24-4-2)21-12-15-13-23-9-10-25-18(23)22-15/h5-10,13H,3-4,11-12H2,1-2H3,(H2,19,20,21). The number of nitrogens with zero attached hydrogens (tertiary/aromatic N) is 3. The molecule has 2 N–H and O–H groups in total. The Labute approximate surface area is 151 Å². The van der Waals surface area contributed by atoms with Gasteiger partial charge in [0.15, 0.2) is 10.9 Å². The van der Waals surface area contributed by atoms with Gasteiger partial charge < -0.3 is 15.4 Å². The summed E-state index contributed by atoms with van der Waals surface area (Å²) in [6, 6.07) is 8.01. The van der Waals surface area contributed by atoms with E-state index in [1.807, 2.05) is 53.4 Å². The number of aromatic nitrogens is 2. The Morgan fingerprint density at radius 1 is 1.28 bits per heavy atom. The molecule has 0 aliphatic carbocycles. The minimum absolute atomic E-state index is 0.559. The topological polar surface area (TPSA) is 63.0 Å². The van der Waals surface area contributed by atoms with Crippen LogP contribution < -0.4 is 15.4 Å². The lowest BCUT2D eigenvalue weighted by molar-refractivity contribution is 0.336. The Bertz CT molecular complexity index is 810. The summed E-state index contributed by atoms with van der Waals surface area (Å²) in [5, 5.41) is 8.63. The van der Waals surface area contributed by atoms with Gasteiger partial charge in [-0.3, -0.25) is 4.40 Å². The van der Waals surface area contributed by atoms with Gasteiger partial charge in [-0.1, -0.05) is 18.2 Å². The Balaban J connectivity index is 1.65. The number of imidazole rings is 1. The maximum atomic E-state index is 5.66. The molecule has 6 nitrogen and oxygen atoms in total. The van der Waals surface area contributed by atoms with Crippen molar-refractivity contribution in [2.45, 2.75) is 26.9 Å². The van der Waals surface area contributed by atoms with Crippen molar-refractivity contribution in [2.24, 2.45) is 4.99 Å². The predicted molar refractivity (Wildman–Crippen MR) is 102 cm³/mol. The molecule has 3 rings (SSSR count). The molecule has 0 fully saturated rings. The highest BCUT2D eigenvalue weighted by Gasteiger charge is 2.05. The number of nitrogens with one attached hydrogen (secondary N) is 2. The van der Waals surface area contributed by atoms with E-state index in [0.717, 1.165) is 34.5 Å². The summed E-state index contributed by atoms with van der Waals surface area (Å²) in [4.78, 5) is 10.2. The fourth-order valence-corrected chi connectivity index (χ4v) is 3.19. The number of aliphatic imine (C=N–C) groups is 1. The fraction of sp³-hybridized carbons (Fsp3) is 0.333. The number of rotatable bonds is 7. The van der Waals surface area contributed by atoms with Gasteiger partial charge in [0.25, 0.3) is 0 Å². The predicted octanol–water partition coefficient (Wildman–Crippen LogP) is 3.05. The molecule has 0 unspecified atom stereocenters. The van der Waals surface area contributed by atoms with E-state index in [1.165, 1.54) is 0 Å². The molecule has 0 spiro atoms. The summed E-state index contributed by atoms with van der Waals surface area (Å²) >= 11 is 1.63. The van der Waals surface area contributed by atoms with Gasteiger partial charge >= 0.3 is 0 Å². The van der Waals surface area contributed by atoms with Crippen molar-refractivity contribution < 1.29 is 4.74 Å². The van der Waals surface area contributed by atoms with Crippen molar-refractivity contribution in [2.75, 3.05) is 13.2 Å². The van der Waals surface area contributed by atoms with Gasteiger partial charge in [-0.25, -0.2) is 9.98 Å². The van der Waals surface area contributed by atoms with E-state index in [2.05, 4.69) is 27.5 Å². The van der Waals surface area contributed by atoms with Crippen LogP contribution in [0.1, 0.15) is 25.1 Å². The van der Waals surface area contributed by atoms with E-state index in [-0.39, 0.29) is 0 Å². The lowest BCUT2D eigenvalue weighted by Crippen LogP contribution is -2.36. The first-order valence-corrected chi connectivity index (χ1v) is 9.32. The Hall–Kier alpha value is -2.54. The van der Waals surface area contributed by atoms with Gasteiger partial charge in [-0.15, -0.1) is 11.3 Å². The normalized spacial score (nSPS) is 11.7. The number of thiazole rings is 1. The van der Waals surface area contributed by atoms with E-state index in [4.69, 9.17) is 4.74 Å². The van der Waals surface area contributed by atoms with Crippen LogP contribution >= 0.6 is 11.3 Å². The highest BCUT2D eigenvalue weighted by Crippen LogP contribution is 2.18. The molecule has 1 aromatic carbocycles. The largest absolute Gasteiger partial charge is 0.494 e. The third-order valence-electron chi connectivity index (χ3n) is 3.60. The molecule has 0 atom stereocenters. The molecule has 0 saturated heterocycles. The molecule has 3 aromatic rings. The Morgan fingerprint density at radius 3 is 2.96 bits per heavy atom. The molecule has 0 saturated carbocycles. The van der Waals surface area contributed by atoms with Crippen molar-refractivity contribution in [1.82, 2.24) is 20.0 Å². The van der Waals surface area contributed by atoms with Crippen LogP contribution in [0.25, 0.3) is 4.96 Å². The van der Waals surface area contributed by atoms with Gasteiger partial charge in [0.05, 0.1) is 25.4 Å². The molecular weight excluding hydrogens is 334 g/mol. The number of ether oxygens (including phenoxy) is 1. The quantitative estimate of drug-likeness (QED) is 0.504. The van der Waals surface area contributed by atoms with Crippen molar-refractivity contribution in [3.63, 3.8) is 0 Å². The average molecular weight is 357 g/mol. The Kier molecular flexibility index (Phi) is 5.90. The van der Waals surface area contributed by atoms with Crippen LogP contribution in [0, 0.1) is 0 Å². The zero-order valence-corrected chi connectivity index (χ0v) is 15.3. The van der Waals surface area contributed by atoms with Gasteiger partial charge in [-0.05, 0) is 19.9 Å². The summed E-state index contributed by atoms with van der Waals surface area (Å²) < 4.78 is 7.69. The zero-order chi connectivity index (χ0) is 17.5. The molecule has 7 heteroatoms. The highest BCUT2D eigenvalue weighted by atomic mass is 32.1. The lowest BCUT2D eigenvalue weighted by Gasteiger charge is -2.12. The van der Waals surface area contributed by atoms with Crippen LogP contribution in [-0.4, -0.2) is 28.5 Å². The summed E-state index contributed by atoms with van der Waals surface area (Å²) in [6.07, 6.45) is 4.05.